The molecule has 0 saturated heterocycles. The number of sulfone groups is 1. The fourth-order valence-electron chi connectivity index (χ4n) is 1.52. The molecule has 1 aromatic heterocycles. The van der Waals surface area contributed by atoms with Crippen LogP contribution in [0.5, 0.6) is 0 Å². The molecular weight excluding hydrogens is 242 g/mol. The van der Waals surface area contributed by atoms with Crippen molar-refractivity contribution in [3.63, 3.8) is 0 Å². The molecule has 3 nitrogen and oxygen atoms in total. The van der Waals surface area contributed by atoms with Gasteiger partial charge < -0.3 is 5.73 Å². The minimum absolute atomic E-state index is 0.0271. The maximum absolute atomic E-state index is 11.8. The second kappa shape index (κ2) is 4.85. The van der Waals surface area contributed by atoms with Crippen LogP contribution in [0.1, 0.15) is 30.5 Å². The monoisotopic (exact) mass is 261 g/mol. The summed E-state index contributed by atoms with van der Waals surface area (Å²) in [5.74, 6) is 0.137. The van der Waals surface area contributed by atoms with E-state index in [2.05, 4.69) is 6.92 Å². The molecule has 0 aliphatic carbocycles. The Morgan fingerprint density at radius 2 is 1.88 bits per heavy atom. The molecule has 1 rings (SSSR count). The van der Waals surface area contributed by atoms with E-state index in [0.29, 0.717) is 0 Å². The normalized spacial score (nSPS) is 13.0. The third kappa shape index (κ3) is 4.63. The van der Waals surface area contributed by atoms with Gasteiger partial charge in [0.1, 0.15) is 0 Å². The Balaban J connectivity index is 2.73. The van der Waals surface area contributed by atoms with Crippen molar-refractivity contribution in [2.45, 2.75) is 38.5 Å². The van der Waals surface area contributed by atoms with Gasteiger partial charge in [-0.1, -0.05) is 6.92 Å². The van der Waals surface area contributed by atoms with Crippen LogP contribution < -0.4 is 5.73 Å². The third-order valence-electron chi connectivity index (χ3n) is 2.02. The van der Waals surface area contributed by atoms with Gasteiger partial charge in [0.15, 0.2) is 9.84 Å². The van der Waals surface area contributed by atoms with E-state index in [1.807, 2.05) is 12.1 Å². The highest BCUT2D eigenvalue weighted by atomic mass is 32.2. The van der Waals surface area contributed by atoms with Gasteiger partial charge in [0.05, 0.1) is 11.5 Å². The zero-order valence-corrected chi connectivity index (χ0v) is 11.6. The Morgan fingerprint density at radius 1 is 1.31 bits per heavy atom. The predicted octanol–water partition coefficient (Wildman–Crippen LogP) is 1.96. The molecule has 0 fully saturated rings. The summed E-state index contributed by atoms with van der Waals surface area (Å²) in [7, 11) is -3.10. The highest BCUT2D eigenvalue weighted by Gasteiger charge is 2.22. The highest BCUT2D eigenvalue weighted by Crippen LogP contribution is 2.20. The maximum atomic E-state index is 11.8. The smallest absolute Gasteiger partial charge is 0.157 e. The van der Waals surface area contributed by atoms with Crippen molar-refractivity contribution in [1.29, 1.82) is 0 Å². The van der Waals surface area contributed by atoms with Crippen molar-refractivity contribution in [1.82, 2.24) is 0 Å². The van der Waals surface area contributed by atoms with Crippen LogP contribution in [0.3, 0.4) is 0 Å². The summed E-state index contributed by atoms with van der Waals surface area (Å²) in [4.78, 5) is 2.12. The number of hydrogen-bond donors (Lipinski definition) is 1. The zero-order chi connectivity index (χ0) is 12.4. The van der Waals surface area contributed by atoms with Crippen molar-refractivity contribution in [3.05, 3.63) is 21.9 Å². The summed E-state index contributed by atoms with van der Waals surface area (Å²) in [6.45, 7) is 5.53. The Bertz CT molecular complexity index is 441. The lowest BCUT2D eigenvalue weighted by Gasteiger charge is -2.17. The van der Waals surface area contributed by atoms with E-state index in [1.54, 1.807) is 25.2 Å². The molecule has 0 unspecified atom stereocenters. The average molecular weight is 261 g/mol. The standard InChI is InChI=1S/C11H19NO2S2/c1-4-9-5-6-10(15-9)7-16(13,14)8-11(2,3)12/h5-6H,4,7-8,12H2,1-3H3. The molecule has 0 spiro atoms. The molecule has 0 aromatic carbocycles. The Hall–Kier alpha value is -0.390. The summed E-state index contributed by atoms with van der Waals surface area (Å²) >= 11 is 1.57. The van der Waals surface area contributed by atoms with E-state index in [9.17, 15) is 8.42 Å². The summed E-state index contributed by atoms with van der Waals surface area (Å²) in [5.41, 5.74) is 5.07. The van der Waals surface area contributed by atoms with Crippen LogP contribution in [0.25, 0.3) is 0 Å². The van der Waals surface area contributed by atoms with E-state index in [0.717, 1.165) is 11.3 Å². The molecule has 0 radical (unpaired) electrons. The van der Waals surface area contributed by atoms with E-state index < -0.39 is 15.4 Å². The largest absolute Gasteiger partial charge is 0.325 e. The van der Waals surface area contributed by atoms with Gasteiger partial charge in [-0.15, -0.1) is 11.3 Å². The zero-order valence-electron chi connectivity index (χ0n) is 9.99. The topological polar surface area (TPSA) is 60.2 Å². The minimum atomic E-state index is -3.10. The van der Waals surface area contributed by atoms with Crippen molar-refractivity contribution < 1.29 is 8.42 Å². The molecule has 1 aromatic rings. The SMILES string of the molecule is CCc1ccc(CS(=O)(=O)CC(C)(C)N)s1. The van der Waals surface area contributed by atoms with Gasteiger partial charge in [0.2, 0.25) is 0 Å². The summed E-state index contributed by atoms with van der Waals surface area (Å²) in [6.07, 6.45) is 0.951. The fourth-order valence-corrected chi connectivity index (χ4v) is 4.82. The molecule has 16 heavy (non-hydrogen) atoms. The molecule has 0 saturated carbocycles. The van der Waals surface area contributed by atoms with Crippen LogP contribution in [0, 0.1) is 0 Å². The van der Waals surface area contributed by atoms with Gasteiger partial charge in [-0.05, 0) is 32.4 Å². The molecule has 0 amide bonds. The van der Waals surface area contributed by atoms with Gasteiger partial charge in [0, 0.05) is 15.3 Å². The minimum Gasteiger partial charge on any atom is -0.325 e. The Kier molecular flexibility index (Phi) is 4.15. The van der Waals surface area contributed by atoms with Crippen LogP contribution in [-0.4, -0.2) is 19.7 Å². The van der Waals surface area contributed by atoms with Gasteiger partial charge in [-0.25, -0.2) is 8.42 Å². The maximum Gasteiger partial charge on any atom is 0.157 e. The van der Waals surface area contributed by atoms with Crippen LogP contribution in [-0.2, 0) is 22.0 Å². The van der Waals surface area contributed by atoms with E-state index in [-0.39, 0.29) is 11.5 Å². The van der Waals surface area contributed by atoms with Crippen molar-refractivity contribution in [3.8, 4) is 0 Å². The van der Waals surface area contributed by atoms with E-state index in [1.165, 1.54) is 4.88 Å². The second-order valence-corrected chi connectivity index (χ2v) is 8.06. The van der Waals surface area contributed by atoms with Gasteiger partial charge in [0.25, 0.3) is 0 Å². The fraction of sp³-hybridized carbons (Fsp3) is 0.636. The highest BCUT2D eigenvalue weighted by molar-refractivity contribution is 7.90. The first kappa shape index (κ1) is 13.7. The molecular formula is C11H19NO2S2. The summed E-state index contributed by atoms with van der Waals surface area (Å²) < 4.78 is 23.7. The third-order valence-corrected chi connectivity index (χ3v) is 5.37. The lowest BCUT2D eigenvalue weighted by molar-refractivity contribution is 0.544. The quantitative estimate of drug-likeness (QED) is 0.881. The summed E-state index contributed by atoms with van der Waals surface area (Å²) in [5, 5.41) is 0. The number of thiophene rings is 1. The van der Waals surface area contributed by atoms with E-state index >= 15 is 0 Å². The van der Waals surface area contributed by atoms with Crippen molar-refractivity contribution in [2.75, 3.05) is 5.75 Å². The molecule has 0 atom stereocenters. The average Bonchev–Trinajstić information content (AvgIpc) is 2.46. The van der Waals surface area contributed by atoms with Crippen molar-refractivity contribution in [2.24, 2.45) is 5.73 Å². The number of hydrogen-bond acceptors (Lipinski definition) is 4. The second-order valence-electron chi connectivity index (χ2n) is 4.74. The van der Waals surface area contributed by atoms with Crippen LogP contribution >= 0.6 is 11.3 Å². The molecule has 2 N–H and O–H groups in total. The predicted molar refractivity (Wildman–Crippen MR) is 69.5 cm³/mol. The lowest BCUT2D eigenvalue weighted by atomic mass is 10.1. The first-order chi connectivity index (χ1) is 7.22. The van der Waals surface area contributed by atoms with E-state index in [4.69, 9.17) is 5.73 Å². The van der Waals surface area contributed by atoms with Gasteiger partial charge >= 0.3 is 0 Å². The number of nitrogens with two attached hydrogens (primary N) is 1. The van der Waals surface area contributed by atoms with Gasteiger partial charge in [-0.3, -0.25) is 0 Å². The van der Waals surface area contributed by atoms with Crippen LogP contribution in [0.2, 0.25) is 0 Å². The Labute approximate surface area is 102 Å². The summed E-state index contributed by atoms with van der Waals surface area (Å²) in [6, 6.07) is 3.88. The van der Waals surface area contributed by atoms with Crippen molar-refractivity contribution >= 4 is 21.2 Å². The molecule has 0 bridgehead atoms. The lowest BCUT2D eigenvalue weighted by Crippen LogP contribution is -2.40. The molecule has 0 aliphatic heterocycles. The number of rotatable bonds is 5. The first-order valence-electron chi connectivity index (χ1n) is 5.29. The molecule has 0 aliphatic rings. The molecule has 5 heteroatoms. The number of aryl methyl sites for hydroxylation is 1. The Morgan fingerprint density at radius 3 is 2.31 bits per heavy atom. The van der Waals surface area contributed by atoms with Crippen LogP contribution in [0.4, 0.5) is 0 Å². The van der Waals surface area contributed by atoms with Gasteiger partial charge in [-0.2, -0.15) is 0 Å². The van der Waals surface area contributed by atoms with Crippen LogP contribution in [0.15, 0.2) is 12.1 Å². The molecule has 1 heterocycles. The first-order valence-corrected chi connectivity index (χ1v) is 7.92. The molecule has 92 valence electrons.